The first-order valence-electron chi connectivity index (χ1n) is 11.7. The number of ether oxygens (including phenoxy) is 1. The summed E-state index contributed by atoms with van der Waals surface area (Å²) in [6.45, 7) is 1.15. The molecule has 5 nitrogen and oxygen atoms in total. The Labute approximate surface area is 203 Å². The maximum absolute atomic E-state index is 13.0. The van der Waals surface area contributed by atoms with Crippen LogP contribution in [0.2, 0.25) is 5.02 Å². The van der Waals surface area contributed by atoms with Crippen molar-refractivity contribution in [1.82, 2.24) is 4.90 Å². The van der Waals surface area contributed by atoms with Crippen LogP contribution in [0.5, 0.6) is 5.75 Å². The lowest BCUT2D eigenvalue weighted by molar-refractivity contribution is 0.0661. The van der Waals surface area contributed by atoms with Gasteiger partial charge < -0.3 is 14.7 Å². The summed E-state index contributed by atoms with van der Waals surface area (Å²) >= 11 is 6.00. The molecule has 174 valence electrons. The molecule has 1 amide bonds. The number of carbonyl (C=O) groups is 2. The summed E-state index contributed by atoms with van der Waals surface area (Å²) in [6, 6.07) is 19.0. The fraction of sp³-hybridized carbons (Fsp3) is 0.286. The van der Waals surface area contributed by atoms with E-state index >= 15 is 0 Å². The summed E-state index contributed by atoms with van der Waals surface area (Å²) in [4.78, 5) is 26.5. The van der Waals surface area contributed by atoms with Crippen molar-refractivity contribution in [3.63, 3.8) is 0 Å². The van der Waals surface area contributed by atoms with E-state index in [9.17, 15) is 14.7 Å². The second-order valence-electron chi connectivity index (χ2n) is 8.99. The lowest BCUT2D eigenvalue weighted by Crippen LogP contribution is -2.43. The lowest BCUT2D eigenvalue weighted by Gasteiger charge is -2.33. The lowest BCUT2D eigenvalue weighted by atomic mass is 9.97. The first-order valence-corrected chi connectivity index (χ1v) is 12.1. The zero-order valence-electron chi connectivity index (χ0n) is 18.8. The van der Waals surface area contributed by atoms with Gasteiger partial charge in [0.15, 0.2) is 0 Å². The Kier molecular flexibility index (Phi) is 6.29. The normalized spacial score (nSPS) is 15.9. The molecule has 0 radical (unpaired) electrons. The Bertz CT molecular complexity index is 1250. The molecular formula is C28H26ClNO4. The number of nitrogens with zero attached hydrogens (tertiary/aromatic N) is 1. The quantitative estimate of drug-likeness (QED) is 0.459. The monoisotopic (exact) mass is 475 g/mol. The maximum atomic E-state index is 13.0. The van der Waals surface area contributed by atoms with E-state index in [-0.39, 0.29) is 16.5 Å². The van der Waals surface area contributed by atoms with E-state index in [1.54, 1.807) is 12.1 Å². The van der Waals surface area contributed by atoms with Gasteiger partial charge in [0.2, 0.25) is 0 Å². The second kappa shape index (κ2) is 9.51. The van der Waals surface area contributed by atoms with Gasteiger partial charge in [0.05, 0.1) is 10.6 Å². The topological polar surface area (TPSA) is 66.8 Å². The molecule has 3 aromatic carbocycles. The SMILES string of the molecule is O=C(O)c1cc(-c2cccc(COc3ccc4c(c3)CCN(C3CCCC3)C4=O)c2)ccc1Cl. The van der Waals surface area contributed by atoms with Crippen LogP contribution in [0.15, 0.2) is 60.7 Å². The summed E-state index contributed by atoms with van der Waals surface area (Å²) in [5.41, 5.74) is 4.56. The van der Waals surface area contributed by atoms with Crippen molar-refractivity contribution < 1.29 is 19.4 Å². The van der Waals surface area contributed by atoms with Gasteiger partial charge in [0.25, 0.3) is 5.91 Å². The van der Waals surface area contributed by atoms with Crippen molar-refractivity contribution in [2.75, 3.05) is 6.54 Å². The Morgan fingerprint density at radius 2 is 1.82 bits per heavy atom. The van der Waals surface area contributed by atoms with E-state index in [1.165, 1.54) is 12.8 Å². The smallest absolute Gasteiger partial charge is 0.337 e. The molecule has 1 aliphatic heterocycles. The van der Waals surface area contributed by atoms with Crippen LogP contribution in [0, 0.1) is 0 Å². The molecule has 3 aromatic rings. The van der Waals surface area contributed by atoms with Crippen LogP contribution in [0.3, 0.4) is 0 Å². The molecule has 1 fully saturated rings. The van der Waals surface area contributed by atoms with Crippen molar-refractivity contribution in [3.8, 4) is 16.9 Å². The van der Waals surface area contributed by atoms with Gasteiger partial charge in [-0.2, -0.15) is 0 Å². The largest absolute Gasteiger partial charge is 0.489 e. The van der Waals surface area contributed by atoms with Crippen LogP contribution in [-0.2, 0) is 13.0 Å². The number of carbonyl (C=O) groups excluding carboxylic acids is 1. The van der Waals surface area contributed by atoms with Gasteiger partial charge in [-0.3, -0.25) is 4.79 Å². The van der Waals surface area contributed by atoms with Crippen molar-refractivity contribution >= 4 is 23.5 Å². The number of hydrogen-bond acceptors (Lipinski definition) is 3. The highest BCUT2D eigenvalue weighted by molar-refractivity contribution is 6.33. The number of benzene rings is 3. The minimum atomic E-state index is -1.05. The maximum Gasteiger partial charge on any atom is 0.337 e. The summed E-state index contributed by atoms with van der Waals surface area (Å²) in [5.74, 6) is -0.161. The average molecular weight is 476 g/mol. The van der Waals surface area contributed by atoms with Crippen LogP contribution in [0.1, 0.15) is 57.5 Å². The van der Waals surface area contributed by atoms with Gasteiger partial charge in [0.1, 0.15) is 12.4 Å². The number of fused-ring (bicyclic) bond motifs is 1. The highest BCUT2D eigenvalue weighted by Crippen LogP contribution is 2.31. The molecule has 0 atom stereocenters. The Morgan fingerprint density at radius 3 is 2.62 bits per heavy atom. The van der Waals surface area contributed by atoms with Gasteiger partial charge in [-0.05, 0) is 77.9 Å². The summed E-state index contributed by atoms with van der Waals surface area (Å²) in [5, 5.41) is 9.56. The van der Waals surface area contributed by atoms with Crippen LogP contribution in [0.25, 0.3) is 11.1 Å². The third-order valence-corrected chi connectivity index (χ3v) is 7.15. The van der Waals surface area contributed by atoms with Gasteiger partial charge >= 0.3 is 5.97 Å². The minimum Gasteiger partial charge on any atom is -0.489 e. The first-order chi connectivity index (χ1) is 16.5. The molecule has 0 bridgehead atoms. The molecule has 0 aromatic heterocycles. The van der Waals surface area contributed by atoms with Crippen molar-refractivity contribution in [2.45, 2.75) is 44.8 Å². The predicted molar refractivity (Wildman–Crippen MR) is 132 cm³/mol. The van der Waals surface area contributed by atoms with Crippen molar-refractivity contribution in [3.05, 3.63) is 87.9 Å². The third kappa shape index (κ3) is 4.53. The fourth-order valence-corrected chi connectivity index (χ4v) is 5.21. The number of carboxylic acid groups (broad SMARTS) is 1. The summed E-state index contributed by atoms with van der Waals surface area (Å²) in [7, 11) is 0. The standard InChI is InChI=1S/C28H26ClNO4/c29-26-11-8-20(16-25(26)28(32)33)19-5-3-4-18(14-19)17-34-23-9-10-24-21(15-23)12-13-30(27(24)31)22-6-1-2-7-22/h3-5,8-11,14-16,22H,1-2,6-7,12-13,17H2,(H,32,33). The van der Waals surface area contributed by atoms with E-state index in [0.717, 1.165) is 59.4 Å². The zero-order valence-corrected chi connectivity index (χ0v) is 19.6. The van der Waals surface area contributed by atoms with E-state index in [2.05, 4.69) is 4.90 Å². The molecule has 34 heavy (non-hydrogen) atoms. The van der Waals surface area contributed by atoms with Crippen LogP contribution in [0.4, 0.5) is 0 Å². The molecule has 0 saturated heterocycles. The summed E-state index contributed by atoms with van der Waals surface area (Å²) in [6.07, 6.45) is 5.53. The molecule has 1 heterocycles. The molecule has 0 spiro atoms. The van der Waals surface area contributed by atoms with Crippen molar-refractivity contribution in [2.24, 2.45) is 0 Å². The molecular weight excluding hydrogens is 450 g/mol. The Morgan fingerprint density at radius 1 is 1.03 bits per heavy atom. The Hall–Kier alpha value is -3.31. The van der Waals surface area contributed by atoms with Crippen LogP contribution >= 0.6 is 11.6 Å². The molecule has 1 N–H and O–H groups in total. The minimum absolute atomic E-state index is 0.0796. The number of aromatic carboxylic acids is 1. The van der Waals surface area contributed by atoms with Crippen LogP contribution in [-0.4, -0.2) is 34.5 Å². The average Bonchev–Trinajstić information content (AvgIpc) is 3.38. The predicted octanol–water partition coefficient (Wildman–Crippen LogP) is 6.23. The van der Waals surface area contributed by atoms with E-state index in [4.69, 9.17) is 16.3 Å². The number of amides is 1. The zero-order chi connectivity index (χ0) is 23.7. The molecule has 2 aliphatic rings. The summed E-state index contributed by atoms with van der Waals surface area (Å²) < 4.78 is 6.05. The van der Waals surface area contributed by atoms with E-state index in [0.29, 0.717) is 12.6 Å². The van der Waals surface area contributed by atoms with Crippen LogP contribution < -0.4 is 4.74 Å². The van der Waals surface area contributed by atoms with Gasteiger partial charge in [0, 0.05) is 18.2 Å². The molecule has 1 saturated carbocycles. The third-order valence-electron chi connectivity index (χ3n) is 6.82. The highest BCUT2D eigenvalue weighted by Gasteiger charge is 2.31. The number of carboxylic acids is 1. The van der Waals surface area contributed by atoms with Gasteiger partial charge in [-0.25, -0.2) is 4.79 Å². The number of halogens is 1. The fourth-order valence-electron chi connectivity index (χ4n) is 5.01. The van der Waals surface area contributed by atoms with Gasteiger partial charge in [-0.15, -0.1) is 0 Å². The second-order valence-corrected chi connectivity index (χ2v) is 9.40. The molecule has 1 aliphatic carbocycles. The number of hydrogen-bond donors (Lipinski definition) is 1. The number of rotatable bonds is 6. The van der Waals surface area contributed by atoms with E-state index in [1.807, 2.05) is 48.5 Å². The van der Waals surface area contributed by atoms with E-state index < -0.39 is 5.97 Å². The molecule has 5 rings (SSSR count). The van der Waals surface area contributed by atoms with Crippen molar-refractivity contribution in [1.29, 1.82) is 0 Å². The Balaban J connectivity index is 1.29. The molecule has 6 heteroatoms. The first kappa shape index (κ1) is 22.5. The van der Waals surface area contributed by atoms with Gasteiger partial charge in [-0.1, -0.05) is 48.7 Å². The molecule has 0 unspecified atom stereocenters. The highest BCUT2D eigenvalue weighted by atomic mass is 35.5.